The van der Waals surface area contributed by atoms with Gasteiger partial charge in [-0.25, -0.2) is 9.29 Å². The molecule has 0 unspecified atom stereocenters. The SMILES string of the molecule is Cc1ccc(N2C(=O)C(Cl)=C(Nc3ccc(C(=O)Nc4ccc(F)c(Cl)c4)cc3)C2=O)cc1Cl. The van der Waals surface area contributed by atoms with Crippen molar-refractivity contribution in [2.45, 2.75) is 6.92 Å². The largest absolute Gasteiger partial charge is 0.350 e. The Labute approximate surface area is 208 Å². The highest BCUT2D eigenvalue weighted by atomic mass is 35.5. The van der Waals surface area contributed by atoms with Crippen molar-refractivity contribution in [2.75, 3.05) is 15.5 Å². The van der Waals surface area contributed by atoms with Gasteiger partial charge in [-0.2, -0.15) is 0 Å². The van der Waals surface area contributed by atoms with E-state index in [0.717, 1.165) is 16.5 Å². The second-order valence-electron chi connectivity index (χ2n) is 7.35. The number of hydrogen-bond donors (Lipinski definition) is 2. The fraction of sp³-hybridized carbons (Fsp3) is 0.0417. The topological polar surface area (TPSA) is 78.5 Å². The lowest BCUT2D eigenvalue weighted by Crippen LogP contribution is -2.32. The molecule has 0 radical (unpaired) electrons. The third-order valence-electron chi connectivity index (χ3n) is 5.03. The lowest BCUT2D eigenvalue weighted by molar-refractivity contribution is -0.120. The van der Waals surface area contributed by atoms with E-state index in [1.54, 1.807) is 31.2 Å². The van der Waals surface area contributed by atoms with Crippen LogP contribution in [0.5, 0.6) is 0 Å². The predicted octanol–water partition coefficient (Wildman–Crippen LogP) is 6.13. The molecule has 0 saturated heterocycles. The molecule has 10 heteroatoms. The Morgan fingerprint density at radius 3 is 2.18 bits per heavy atom. The summed E-state index contributed by atoms with van der Waals surface area (Å²) in [6.07, 6.45) is 0. The lowest BCUT2D eigenvalue weighted by Gasteiger charge is -2.16. The Morgan fingerprint density at radius 1 is 0.853 bits per heavy atom. The van der Waals surface area contributed by atoms with E-state index in [1.165, 1.54) is 30.3 Å². The molecule has 1 aliphatic rings. The summed E-state index contributed by atoms with van der Waals surface area (Å²) in [5.41, 5.74) is 2.07. The second-order valence-corrected chi connectivity index (χ2v) is 8.55. The van der Waals surface area contributed by atoms with Crippen LogP contribution in [0.3, 0.4) is 0 Å². The fourth-order valence-electron chi connectivity index (χ4n) is 3.19. The molecule has 3 amide bonds. The predicted molar refractivity (Wildman–Crippen MR) is 131 cm³/mol. The Morgan fingerprint density at radius 2 is 1.53 bits per heavy atom. The van der Waals surface area contributed by atoms with Crippen LogP contribution >= 0.6 is 34.8 Å². The maximum atomic E-state index is 13.3. The van der Waals surface area contributed by atoms with E-state index in [2.05, 4.69) is 10.6 Å². The van der Waals surface area contributed by atoms with Crippen molar-refractivity contribution in [3.63, 3.8) is 0 Å². The van der Waals surface area contributed by atoms with Crippen molar-refractivity contribution in [3.05, 3.63) is 98.4 Å². The van der Waals surface area contributed by atoms with Crippen molar-refractivity contribution in [2.24, 2.45) is 0 Å². The minimum atomic E-state index is -0.678. The van der Waals surface area contributed by atoms with E-state index in [1.807, 2.05) is 0 Å². The average molecular weight is 519 g/mol. The molecule has 0 aliphatic carbocycles. The van der Waals surface area contributed by atoms with Crippen LogP contribution in [0.1, 0.15) is 15.9 Å². The molecule has 0 fully saturated rings. The van der Waals surface area contributed by atoms with Gasteiger partial charge in [0.1, 0.15) is 16.5 Å². The van der Waals surface area contributed by atoms with Crippen LogP contribution in [-0.2, 0) is 9.59 Å². The molecule has 2 N–H and O–H groups in total. The molecule has 34 heavy (non-hydrogen) atoms. The summed E-state index contributed by atoms with van der Waals surface area (Å²) >= 11 is 18.0. The Hall–Kier alpha value is -3.39. The number of imide groups is 1. The number of rotatable bonds is 5. The summed E-state index contributed by atoms with van der Waals surface area (Å²) in [4.78, 5) is 38.9. The first kappa shape index (κ1) is 23.8. The first-order chi connectivity index (χ1) is 16.2. The Balaban J connectivity index is 1.48. The maximum absolute atomic E-state index is 13.3. The molecule has 3 aromatic rings. The zero-order valence-corrected chi connectivity index (χ0v) is 19.7. The zero-order valence-electron chi connectivity index (χ0n) is 17.5. The van der Waals surface area contributed by atoms with Crippen molar-refractivity contribution < 1.29 is 18.8 Å². The molecular formula is C24H15Cl3FN3O3. The number of benzene rings is 3. The van der Waals surface area contributed by atoms with Crippen molar-refractivity contribution in [1.82, 2.24) is 0 Å². The van der Waals surface area contributed by atoms with Gasteiger partial charge >= 0.3 is 0 Å². The van der Waals surface area contributed by atoms with Crippen LogP contribution in [0, 0.1) is 12.7 Å². The first-order valence-electron chi connectivity index (χ1n) is 9.84. The maximum Gasteiger partial charge on any atom is 0.283 e. The normalized spacial score (nSPS) is 13.5. The van der Waals surface area contributed by atoms with E-state index in [-0.39, 0.29) is 15.8 Å². The lowest BCUT2D eigenvalue weighted by atomic mass is 10.2. The molecule has 4 rings (SSSR count). The highest BCUT2D eigenvalue weighted by Crippen LogP contribution is 2.32. The number of carbonyl (C=O) groups excluding carboxylic acids is 3. The Bertz CT molecular complexity index is 1370. The standard InChI is InChI=1S/C24H15Cl3FN3O3/c1-12-2-8-16(11-17(12)25)31-23(33)20(27)21(24(31)34)29-14-5-3-13(4-6-14)22(32)30-15-7-9-19(28)18(26)10-15/h2-11,29H,1H3,(H,30,32). The molecule has 0 atom stereocenters. The number of anilines is 3. The molecular weight excluding hydrogens is 504 g/mol. The molecule has 0 bridgehead atoms. The van der Waals surface area contributed by atoms with E-state index < -0.39 is 23.5 Å². The van der Waals surface area contributed by atoms with Gasteiger partial charge in [-0.1, -0.05) is 40.9 Å². The summed E-state index contributed by atoms with van der Waals surface area (Å²) < 4.78 is 13.3. The summed E-state index contributed by atoms with van der Waals surface area (Å²) in [5.74, 6) is -2.35. The minimum Gasteiger partial charge on any atom is -0.350 e. The van der Waals surface area contributed by atoms with Crippen LogP contribution in [0.4, 0.5) is 21.5 Å². The number of halogens is 4. The molecule has 1 heterocycles. The monoisotopic (exact) mass is 517 g/mol. The van der Waals surface area contributed by atoms with Crippen molar-refractivity contribution in [3.8, 4) is 0 Å². The molecule has 0 saturated carbocycles. The van der Waals surface area contributed by atoms with Crippen LogP contribution < -0.4 is 15.5 Å². The minimum absolute atomic E-state index is 0.0958. The van der Waals surface area contributed by atoms with Gasteiger partial charge in [-0.05, 0) is 67.1 Å². The van der Waals surface area contributed by atoms with Gasteiger partial charge in [0.05, 0.1) is 10.7 Å². The van der Waals surface area contributed by atoms with Crippen molar-refractivity contribution in [1.29, 1.82) is 0 Å². The smallest absolute Gasteiger partial charge is 0.283 e. The number of aryl methyl sites for hydroxylation is 1. The molecule has 6 nitrogen and oxygen atoms in total. The Kier molecular flexibility index (Phi) is 6.61. The number of hydrogen-bond acceptors (Lipinski definition) is 4. The summed E-state index contributed by atoms with van der Waals surface area (Å²) in [7, 11) is 0. The summed E-state index contributed by atoms with van der Waals surface area (Å²) in [5, 5.41) is 5.48. The zero-order chi connectivity index (χ0) is 24.6. The molecule has 3 aromatic carbocycles. The van der Waals surface area contributed by atoms with Gasteiger partial charge in [0.2, 0.25) is 0 Å². The van der Waals surface area contributed by atoms with Gasteiger partial charge in [0.15, 0.2) is 0 Å². The fourth-order valence-corrected chi connectivity index (χ4v) is 3.76. The number of carbonyl (C=O) groups is 3. The number of nitrogens with zero attached hydrogens (tertiary/aromatic N) is 1. The molecule has 1 aliphatic heterocycles. The highest BCUT2D eigenvalue weighted by Gasteiger charge is 2.39. The van der Waals surface area contributed by atoms with E-state index in [0.29, 0.717) is 27.6 Å². The van der Waals surface area contributed by atoms with E-state index >= 15 is 0 Å². The number of amides is 3. The summed E-state index contributed by atoms with van der Waals surface area (Å²) in [6.45, 7) is 1.80. The van der Waals surface area contributed by atoms with Crippen molar-refractivity contribution >= 4 is 69.6 Å². The van der Waals surface area contributed by atoms with Gasteiger partial charge in [0.25, 0.3) is 17.7 Å². The molecule has 172 valence electrons. The van der Waals surface area contributed by atoms with Crippen LogP contribution in [0.25, 0.3) is 0 Å². The van der Waals surface area contributed by atoms with Gasteiger partial charge in [0, 0.05) is 22.0 Å². The molecule has 0 spiro atoms. The average Bonchev–Trinajstić information content (AvgIpc) is 3.02. The summed E-state index contributed by atoms with van der Waals surface area (Å²) in [6, 6.07) is 14.8. The van der Waals surface area contributed by atoms with Crippen LogP contribution in [0.2, 0.25) is 10.0 Å². The quantitative estimate of drug-likeness (QED) is 0.398. The van der Waals surface area contributed by atoms with Gasteiger partial charge in [-0.3, -0.25) is 14.4 Å². The third kappa shape index (κ3) is 4.63. The number of nitrogens with one attached hydrogen (secondary N) is 2. The third-order valence-corrected chi connectivity index (χ3v) is 6.08. The second kappa shape index (κ2) is 9.46. The van der Waals surface area contributed by atoms with Crippen LogP contribution in [-0.4, -0.2) is 17.7 Å². The van der Waals surface area contributed by atoms with E-state index in [4.69, 9.17) is 34.8 Å². The highest BCUT2D eigenvalue weighted by molar-refractivity contribution is 6.53. The first-order valence-corrected chi connectivity index (χ1v) is 11.0. The van der Waals surface area contributed by atoms with E-state index in [9.17, 15) is 18.8 Å². The van der Waals surface area contributed by atoms with Gasteiger partial charge in [-0.15, -0.1) is 0 Å². The van der Waals surface area contributed by atoms with Crippen LogP contribution in [0.15, 0.2) is 71.4 Å². The molecule has 0 aromatic heterocycles. The van der Waals surface area contributed by atoms with Gasteiger partial charge < -0.3 is 10.6 Å².